The molecule has 0 saturated carbocycles. The van der Waals surface area contributed by atoms with Crippen molar-refractivity contribution >= 4 is 11.5 Å². The van der Waals surface area contributed by atoms with Gasteiger partial charge in [0.2, 0.25) is 5.88 Å². The summed E-state index contributed by atoms with van der Waals surface area (Å²) in [6, 6.07) is 10.2. The standard InChI is InChI=1S/C30H37N3O6/c1-19-15-21(4-8-28(35)36)23-5-7-27(37-2)32-30(23)29(19)24(34)18-33-11-9-22(10-12-33)31-17-20-3-6-25-26(16-20)39-14-13-38-25/h3-8,15-16,19,22,24,29,31,34H,9-14,17-18H2,1-2H3,(H,35,36)/b8-4+. The Morgan fingerprint density at radius 2 is 1.97 bits per heavy atom. The molecule has 0 bridgehead atoms. The fourth-order valence-electron chi connectivity index (χ4n) is 5.79. The van der Waals surface area contributed by atoms with E-state index >= 15 is 0 Å². The van der Waals surface area contributed by atoms with E-state index in [1.54, 1.807) is 19.3 Å². The first-order valence-electron chi connectivity index (χ1n) is 13.6. The van der Waals surface area contributed by atoms with Gasteiger partial charge in [-0.15, -0.1) is 0 Å². The Morgan fingerprint density at radius 3 is 2.72 bits per heavy atom. The first kappa shape index (κ1) is 27.2. The zero-order chi connectivity index (χ0) is 27.4. The van der Waals surface area contributed by atoms with Crippen LogP contribution in [0, 0.1) is 5.92 Å². The molecular weight excluding hydrogens is 498 g/mol. The van der Waals surface area contributed by atoms with Crippen LogP contribution in [-0.4, -0.2) is 78.2 Å². The third kappa shape index (κ3) is 6.43. The van der Waals surface area contributed by atoms with Crippen molar-refractivity contribution in [3.05, 3.63) is 65.4 Å². The SMILES string of the molecule is COc1ccc2c(n1)C(C(O)CN1CCC(NCc3ccc4c(c3)OCCO4)CC1)C(C)C=C2/C=C/C(=O)O. The minimum Gasteiger partial charge on any atom is -0.486 e. The predicted octanol–water partition coefficient (Wildman–Crippen LogP) is 3.23. The zero-order valence-corrected chi connectivity index (χ0v) is 22.5. The molecule has 39 heavy (non-hydrogen) atoms. The lowest BCUT2D eigenvalue weighted by molar-refractivity contribution is -0.131. The smallest absolute Gasteiger partial charge is 0.328 e. The predicted molar refractivity (Wildman–Crippen MR) is 147 cm³/mol. The number of nitrogens with zero attached hydrogens (tertiary/aromatic N) is 2. The van der Waals surface area contributed by atoms with Crippen molar-refractivity contribution in [1.29, 1.82) is 0 Å². The molecule has 208 valence electrons. The average Bonchev–Trinajstić information content (AvgIpc) is 2.95. The fourth-order valence-corrected chi connectivity index (χ4v) is 5.79. The molecule has 3 aliphatic rings. The summed E-state index contributed by atoms with van der Waals surface area (Å²) in [5, 5.41) is 24.2. The number of aromatic nitrogens is 1. The largest absolute Gasteiger partial charge is 0.486 e. The summed E-state index contributed by atoms with van der Waals surface area (Å²) < 4.78 is 16.7. The second-order valence-corrected chi connectivity index (χ2v) is 10.5. The lowest BCUT2D eigenvalue weighted by Gasteiger charge is -2.37. The molecule has 1 fully saturated rings. The van der Waals surface area contributed by atoms with Gasteiger partial charge in [-0.3, -0.25) is 0 Å². The van der Waals surface area contributed by atoms with E-state index in [0.29, 0.717) is 31.7 Å². The molecule has 3 N–H and O–H groups in total. The molecule has 2 aliphatic heterocycles. The van der Waals surface area contributed by atoms with Crippen molar-refractivity contribution in [2.24, 2.45) is 5.92 Å². The zero-order valence-electron chi connectivity index (χ0n) is 22.5. The molecule has 1 saturated heterocycles. The van der Waals surface area contributed by atoms with Gasteiger partial charge in [0, 0.05) is 42.8 Å². The highest BCUT2D eigenvalue weighted by molar-refractivity contribution is 5.87. The number of benzene rings is 1. The van der Waals surface area contributed by atoms with E-state index in [0.717, 1.165) is 66.9 Å². The summed E-state index contributed by atoms with van der Waals surface area (Å²) in [4.78, 5) is 18.1. The molecule has 1 aromatic heterocycles. The number of piperidine rings is 1. The minimum absolute atomic E-state index is 0.0224. The molecule has 3 unspecified atom stereocenters. The molecule has 5 rings (SSSR count). The maximum absolute atomic E-state index is 11.4. The van der Waals surface area contributed by atoms with Gasteiger partial charge in [0.1, 0.15) is 13.2 Å². The molecule has 9 heteroatoms. The summed E-state index contributed by atoms with van der Waals surface area (Å²) in [6.07, 6.45) is 6.14. The fraction of sp³-hybridized carbons (Fsp3) is 0.467. The van der Waals surface area contributed by atoms with Gasteiger partial charge in [0.15, 0.2) is 11.5 Å². The highest BCUT2D eigenvalue weighted by Gasteiger charge is 2.35. The Balaban J connectivity index is 1.18. The van der Waals surface area contributed by atoms with E-state index < -0.39 is 12.1 Å². The molecule has 0 spiro atoms. The maximum atomic E-state index is 11.4. The topological polar surface area (TPSA) is 113 Å². The first-order valence-corrected chi connectivity index (χ1v) is 13.6. The van der Waals surface area contributed by atoms with Crippen LogP contribution in [0.2, 0.25) is 0 Å². The van der Waals surface area contributed by atoms with Gasteiger partial charge in [0.25, 0.3) is 0 Å². The number of allylic oxidation sites excluding steroid dienone is 3. The summed E-state index contributed by atoms with van der Waals surface area (Å²) >= 11 is 0. The number of carboxylic acid groups (broad SMARTS) is 1. The third-order valence-corrected chi connectivity index (χ3v) is 7.80. The second kappa shape index (κ2) is 12.2. The number of methoxy groups -OCH3 is 1. The van der Waals surface area contributed by atoms with Gasteiger partial charge in [-0.1, -0.05) is 19.1 Å². The number of nitrogens with one attached hydrogen (secondary N) is 1. The van der Waals surface area contributed by atoms with E-state index in [-0.39, 0.29) is 11.8 Å². The maximum Gasteiger partial charge on any atom is 0.328 e. The third-order valence-electron chi connectivity index (χ3n) is 7.80. The van der Waals surface area contributed by atoms with Crippen molar-refractivity contribution < 1.29 is 29.2 Å². The van der Waals surface area contributed by atoms with Crippen LogP contribution in [0.25, 0.3) is 5.57 Å². The van der Waals surface area contributed by atoms with Gasteiger partial charge in [-0.05, 0) is 67.3 Å². The number of aliphatic carboxylic acids is 1. The van der Waals surface area contributed by atoms with Crippen LogP contribution in [0.4, 0.5) is 0 Å². The molecule has 9 nitrogen and oxygen atoms in total. The molecular formula is C30H37N3O6. The second-order valence-electron chi connectivity index (χ2n) is 10.5. The van der Waals surface area contributed by atoms with Crippen molar-refractivity contribution in [3.63, 3.8) is 0 Å². The number of aliphatic hydroxyl groups is 1. The van der Waals surface area contributed by atoms with Gasteiger partial charge in [-0.2, -0.15) is 0 Å². The monoisotopic (exact) mass is 535 g/mol. The summed E-state index contributed by atoms with van der Waals surface area (Å²) in [6.45, 7) is 6.35. The van der Waals surface area contributed by atoms with Crippen molar-refractivity contribution in [2.75, 3.05) is 40.0 Å². The van der Waals surface area contributed by atoms with Crippen LogP contribution < -0.4 is 19.5 Å². The number of carbonyl (C=O) groups is 1. The average molecular weight is 536 g/mol. The van der Waals surface area contributed by atoms with Crippen LogP contribution in [0.1, 0.15) is 42.5 Å². The van der Waals surface area contributed by atoms with E-state index in [1.807, 2.05) is 25.1 Å². The number of rotatable bonds is 9. The van der Waals surface area contributed by atoms with Gasteiger partial charge >= 0.3 is 5.97 Å². The van der Waals surface area contributed by atoms with Crippen LogP contribution in [0.15, 0.2) is 48.6 Å². The van der Waals surface area contributed by atoms with E-state index in [1.165, 1.54) is 5.56 Å². The van der Waals surface area contributed by atoms with Gasteiger partial charge in [-0.25, -0.2) is 9.78 Å². The van der Waals surface area contributed by atoms with Gasteiger partial charge < -0.3 is 34.6 Å². The molecule has 3 atom stereocenters. The Labute approximate surface area is 229 Å². The summed E-state index contributed by atoms with van der Waals surface area (Å²) in [5.41, 5.74) is 3.55. The Kier molecular flexibility index (Phi) is 8.50. The number of carboxylic acids is 1. The number of hydrogen-bond donors (Lipinski definition) is 3. The normalized spacial score (nSPS) is 22.3. The molecule has 3 heterocycles. The number of likely N-dealkylation sites (tertiary alicyclic amines) is 1. The summed E-state index contributed by atoms with van der Waals surface area (Å²) in [7, 11) is 1.57. The van der Waals surface area contributed by atoms with Crippen LogP contribution in [0.5, 0.6) is 17.4 Å². The number of β-amino-alcohol motifs (C(OH)–C–C–N with tert-alkyl or cyclic N) is 1. The van der Waals surface area contributed by atoms with Crippen molar-refractivity contribution in [1.82, 2.24) is 15.2 Å². The quantitative estimate of drug-likeness (QED) is 0.417. The Morgan fingerprint density at radius 1 is 1.21 bits per heavy atom. The highest BCUT2D eigenvalue weighted by Crippen LogP contribution is 2.41. The number of aliphatic hydroxyl groups excluding tert-OH is 1. The number of hydrogen-bond acceptors (Lipinski definition) is 8. The van der Waals surface area contributed by atoms with Gasteiger partial charge in [0.05, 0.1) is 18.9 Å². The molecule has 1 aromatic carbocycles. The summed E-state index contributed by atoms with van der Waals surface area (Å²) in [5.74, 6) is 0.858. The van der Waals surface area contributed by atoms with Crippen LogP contribution in [-0.2, 0) is 11.3 Å². The first-order chi connectivity index (χ1) is 18.9. The lowest BCUT2D eigenvalue weighted by atomic mass is 9.76. The van der Waals surface area contributed by atoms with Crippen LogP contribution >= 0.6 is 0 Å². The van der Waals surface area contributed by atoms with E-state index in [2.05, 4.69) is 22.3 Å². The minimum atomic E-state index is -1.00. The molecule has 0 amide bonds. The van der Waals surface area contributed by atoms with E-state index in [9.17, 15) is 9.90 Å². The molecule has 1 aliphatic carbocycles. The number of ether oxygens (including phenoxy) is 3. The highest BCUT2D eigenvalue weighted by atomic mass is 16.6. The number of fused-ring (bicyclic) bond motifs is 2. The van der Waals surface area contributed by atoms with E-state index in [4.69, 9.17) is 24.3 Å². The van der Waals surface area contributed by atoms with Crippen molar-refractivity contribution in [3.8, 4) is 17.4 Å². The van der Waals surface area contributed by atoms with Crippen LogP contribution in [0.3, 0.4) is 0 Å². The molecule has 0 radical (unpaired) electrons. The Bertz CT molecular complexity index is 1240. The Hall–Kier alpha value is -3.40. The lowest BCUT2D eigenvalue weighted by Crippen LogP contribution is -2.46. The van der Waals surface area contributed by atoms with Crippen molar-refractivity contribution in [2.45, 2.75) is 44.4 Å². The molecule has 2 aromatic rings. The number of pyridine rings is 1.